The highest BCUT2D eigenvalue weighted by Gasteiger charge is 2.40. The van der Waals surface area contributed by atoms with Gasteiger partial charge in [-0.1, -0.05) is 19.1 Å². The van der Waals surface area contributed by atoms with Crippen molar-refractivity contribution < 1.29 is 27.5 Å². The average Bonchev–Trinajstić information content (AvgIpc) is 3.19. The zero-order valence-electron chi connectivity index (χ0n) is 18.4. The Bertz CT molecular complexity index is 1350. The predicted molar refractivity (Wildman–Crippen MR) is 120 cm³/mol. The molecule has 7 nitrogen and oxygen atoms in total. The van der Waals surface area contributed by atoms with Gasteiger partial charge in [0.15, 0.2) is 0 Å². The van der Waals surface area contributed by atoms with E-state index in [2.05, 4.69) is 0 Å². The number of ether oxygens (including phenoxy) is 1. The summed E-state index contributed by atoms with van der Waals surface area (Å²) < 4.78 is 48.8. The van der Waals surface area contributed by atoms with Crippen molar-refractivity contribution in [3.8, 4) is 5.69 Å². The van der Waals surface area contributed by atoms with Crippen LogP contribution in [0.15, 0.2) is 53.5 Å². The molecule has 1 aliphatic rings. The Balaban J connectivity index is 1.96. The van der Waals surface area contributed by atoms with Crippen LogP contribution in [-0.2, 0) is 15.7 Å². The first-order valence-electron chi connectivity index (χ1n) is 10.5. The smallest absolute Gasteiger partial charge is 0.418 e. The number of hydrogen-bond donors (Lipinski definition) is 1. The number of aromatic nitrogens is 1. The first-order valence-corrected chi connectivity index (χ1v) is 10.5. The van der Waals surface area contributed by atoms with E-state index in [1.165, 1.54) is 31.4 Å². The van der Waals surface area contributed by atoms with Gasteiger partial charge in [-0.2, -0.15) is 13.2 Å². The first-order chi connectivity index (χ1) is 16.0. The lowest BCUT2D eigenvalue weighted by molar-refractivity contribution is -0.142. The molecule has 1 aliphatic heterocycles. The quantitative estimate of drug-likeness (QED) is 0.586. The number of hydrogen-bond acceptors (Lipinski definition) is 5. The molecule has 0 radical (unpaired) electrons. The molecule has 0 bridgehead atoms. The number of primary amides is 1. The number of amides is 1. The molecule has 2 heterocycles. The first kappa shape index (κ1) is 23.3. The van der Waals surface area contributed by atoms with Gasteiger partial charge in [-0.25, -0.2) is 4.79 Å². The van der Waals surface area contributed by atoms with E-state index in [1.807, 2.05) is 6.92 Å². The summed E-state index contributed by atoms with van der Waals surface area (Å²) in [4.78, 5) is 38.4. The fraction of sp³-hybridized carbons (Fsp3) is 0.292. The number of halogens is 3. The SMILES string of the molecule is COC(=O)C1C(C)CCN1c1ccc(-n2cc(C(N)=O)c(=O)c3ccccc32)c(C(F)(F)F)c1. The number of pyridine rings is 1. The molecule has 0 spiro atoms. The number of alkyl halides is 3. The monoisotopic (exact) mass is 473 g/mol. The molecule has 0 saturated carbocycles. The number of fused-ring (bicyclic) bond motifs is 1. The minimum absolute atomic E-state index is 0.0649. The Morgan fingerprint density at radius 1 is 1.15 bits per heavy atom. The van der Waals surface area contributed by atoms with Gasteiger partial charge < -0.3 is 19.9 Å². The summed E-state index contributed by atoms with van der Waals surface area (Å²) >= 11 is 0. The Kier molecular flexibility index (Phi) is 5.84. The summed E-state index contributed by atoms with van der Waals surface area (Å²) in [6, 6.07) is 9.06. The summed E-state index contributed by atoms with van der Waals surface area (Å²) in [6.45, 7) is 2.24. The van der Waals surface area contributed by atoms with E-state index in [4.69, 9.17) is 10.5 Å². The van der Waals surface area contributed by atoms with Gasteiger partial charge in [-0.3, -0.25) is 9.59 Å². The zero-order valence-corrected chi connectivity index (χ0v) is 18.4. The normalized spacial score (nSPS) is 18.3. The highest BCUT2D eigenvalue weighted by atomic mass is 19.4. The van der Waals surface area contributed by atoms with Crippen molar-refractivity contribution >= 4 is 28.5 Å². The molecule has 1 fully saturated rings. The number of esters is 1. The third kappa shape index (κ3) is 3.89. The van der Waals surface area contributed by atoms with E-state index in [9.17, 15) is 27.6 Å². The molecule has 3 aromatic rings. The van der Waals surface area contributed by atoms with E-state index < -0.39 is 40.7 Å². The van der Waals surface area contributed by atoms with Crippen LogP contribution in [0.2, 0.25) is 0 Å². The minimum Gasteiger partial charge on any atom is -0.467 e. The summed E-state index contributed by atoms with van der Waals surface area (Å²) in [6.07, 6.45) is -3.11. The van der Waals surface area contributed by atoms with Crippen LogP contribution in [0.3, 0.4) is 0 Å². The van der Waals surface area contributed by atoms with Gasteiger partial charge in [0.05, 0.1) is 23.9 Å². The lowest BCUT2D eigenvalue weighted by Crippen LogP contribution is -2.40. The standard InChI is InChI=1S/C24H22F3N3O4/c1-13-9-10-29(20(13)23(33)34-2)14-7-8-19(17(11-14)24(25,26)27)30-12-16(22(28)32)21(31)15-5-3-4-6-18(15)30/h3-8,11-13,20H,9-10H2,1-2H3,(H2,28,32). The predicted octanol–water partition coefficient (Wildman–Crippen LogP) is 3.50. The Morgan fingerprint density at radius 3 is 2.50 bits per heavy atom. The molecule has 1 amide bonds. The maximum absolute atomic E-state index is 14.3. The molecule has 1 saturated heterocycles. The molecule has 0 aliphatic carbocycles. The largest absolute Gasteiger partial charge is 0.467 e. The third-order valence-corrected chi connectivity index (χ3v) is 6.20. The molecule has 10 heteroatoms. The molecule has 178 valence electrons. The van der Waals surface area contributed by atoms with Crippen molar-refractivity contribution in [3.05, 3.63) is 70.0 Å². The topological polar surface area (TPSA) is 94.6 Å². The van der Waals surface area contributed by atoms with Gasteiger partial charge in [0.25, 0.3) is 5.91 Å². The highest BCUT2D eigenvalue weighted by Crippen LogP contribution is 2.39. The highest BCUT2D eigenvalue weighted by molar-refractivity contribution is 5.96. The molecule has 34 heavy (non-hydrogen) atoms. The Morgan fingerprint density at radius 2 is 1.85 bits per heavy atom. The van der Waals surface area contributed by atoms with Crippen molar-refractivity contribution in [2.45, 2.75) is 25.6 Å². The number of para-hydroxylation sites is 1. The summed E-state index contributed by atoms with van der Waals surface area (Å²) in [5.41, 5.74) is 3.39. The zero-order chi connectivity index (χ0) is 24.8. The Hall–Kier alpha value is -3.82. The third-order valence-electron chi connectivity index (χ3n) is 6.20. The average molecular weight is 473 g/mol. The minimum atomic E-state index is -4.77. The van der Waals surface area contributed by atoms with Crippen LogP contribution in [0, 0.1) is 5.92 Å². The van der Waals surface area contributed by atoms with Crippen molar-refractivity contribution in [2.24, 2.45) is 11.7 Å². The van der Waals surface area contributed by atoms with E-state index in [-0.39, 0.29) is 28.2 Å². The number of rotatable bonds is 4. The number of nitrogens with zero attached hydrogens (tertiary/aromatic N) is 2. The maximum atomic E-state index is 14.3. The van der Waals surface area contributed by atoms with Crippen LogP contribution in [0.25, 0.3) is 16.6 Å². The summed E-state index contributed by atoms with van der Waals surface area (Å²) in [7, 11) is 1.24. The van der Waals surface area contributed by atoms with Crippen LogP contribution in [0.5, 0.6) is 0 Å². The van der Waals surface area contributed by atoms with Crippen molar-refractivity contribution in [1.82, 2.24) is 4.57 Å². The second-order valence-electron chi connectivity index (χ2n) is 8.25. The number of carbonyl (C=O) groups excluding carboxylic acids is 2. The number of carbonyl (C=O) groups is 2. The van der Waals surface area contributed by atoms with Crippen molar-refractivity contribution in [1.29, 1.82) is 0 Å². The number of benzene rings is 2. The molecule has 4 rings (SSSR count). The fourth-order valence-electron chi connectivity index (χ4n) is 4.51. The van der Waals surface area contributed by atoms with Crippen molar-refractivity contribution in [2.75, 3.05) is 18.6 Å². The van der Waals surface area contributed by atoms with Crippen LogP contribution < -0.4 is 16.1 Å². The van der Waals surface area contributed by atoms with Gasteiger partial charge in [0.2, 0.25) is 5.43 Å². The van der Waals surface area contributed by atoms with E-state index in [1.54, 1.807) is 17.0 Å². The molecular weight excluding hydrogens is 451 g/mol. The maximum Gasteiger partial charge on any atom is 0.418 e. The van der Waals surface area contributed by atoms with Gasteiger partial charge in [0, 0.05) is 23.8 Å². The lowest BCUT2D eigenvalue weighted by Gasteiger charge is -2.28. The van der Waals surface area contributed by atoms with E-state index >= 15 is 0 Å². The number of methoxy groups -OCH3 is 1. The van der Waals surface area contributed by atoms with Crippen LogP contribution >= 0.6 is 0 Å². The van der Waals surface area contributed by atoms with Gasteiger partial charge >= 0.3 is 12.1 Å². The fourth-order valence-corrected chi connectivity index (χ4v) is 4.51. The number of nitrogens with two attached hydrogens (primary N) is 1. The van der Waals surface area contributed by atoms with Crippen LogP contribution in [0.1, 0.15) is 29.3 Å². The summed E-state index contributed by atoms with van der Waals surface area (Å²) in [5, 5.41) is 0.0649. The molecule has 2 aromatic carbocycles. The summed E-state index contributed by atoms with van der Waals surface area (Å²) in [5.74, 6) is -1.65. The van der Waals surface area contributed by atoms with Crippen molar-refractivity contribution in [3.63, 3.8) is 0 Å². The molecule has 1 aromatic heterocycles. The second-order valence-corrected chi connectivity index (χ2v) is 8.25. The van der Waals surface area contributed by atoms with Gasteiger partial charge in [-0.05, 0) is 42.7 Å². The van der Waals surface area contributed by atoms with Crippen LogP contribution in [-0.4, -0.2) is 36.1 Å². The molecule has 2 atom stereocenters. The van der Waals surface area contributed by atoms with Crippen LogP contribution in [0.4, 0.5) is 18.9 Å². The Labute approximate surface area is 192 Å². The molecule has 2 N–H and O–H groups in total. The van der Waals surface area contributed by atoms with E-state index in [0.29, 0.717) is 13.0 Å². The van der Waals surface area contributed by atoms with E-state index in [0.717, 1.165) is 16.8 Å². The molecule has 2 unspecified atom stereocenters. The number of anilines is 1. The molecular formula is C24H22F3N3O4. The van der Waals surface area contributed by atoms with Gasteiger partial charge in [0.1, 0.15) is 11.6 Å². The lowest BCUT2D eigenvalue weighted by atomic mass is 10.0. The van der Waals surface area contributed by atoms with Gasteiger partial charge in [-0.15, -0.1) is 0 Å². The second kappa shape index (κ2) is 8.51.